The van der Waals surface area contributed by atoms with Crippen molar-refractivity contribution in [2.45, 2.75) is 122 Å². The number of allylic oxidation sites excluding steroid dienone is 1. The van der Waals surface area contributed by atoms with Crippen molar-refractivity contribution in [2.24, 2.45) is 0 Å². The van der Waals surface area contributed by atoms with Crippen LogP contribution in [-0.2, 0) is 0 Å². The van der Waals surface area contributed by atoms with E-state index in [1.807, 2.05) is 0 Å². The van der Waals surface area contributed by atoms with Crippen molar-refractivity contribution in [3.05, 3.63) is 41.0 Å². The molecule has 0 bridgehead atoms. The van der Waals surface area contributed by atoms with Crippen LogP contribution in [0.15, 0.2) is 29.8 Å². The first kappa shape index (κ1) is 22.4. The van der Waals surface area contributed by atoms with E-state index < -0.39 is 0 Å². The van der Waals surface area contributed by atoms with Crippen molar-refractivity contribution >= 4 is 0 Å². The number of hydroxylamine groups is 1. The van der Waals surface area contributed by atoms with Gasteiger partial charge in [0.2, 0.25) is 0 Å². The van der Waals surface area contributed by atoms with Crippen molar-refractivity contribution < 1.29 is 4.84 Å². The van der Waals surface area contributed by atoms with Crippen LogP contribution in [0.1, 0.15) is 128 Å². The molecule has 2 nitrogen and oxygen atoms in total. The molecule has 2 aliphatic rings. The Morgan fingerprint density at radius 2 is 1.38 bits per heavy atom. The molecule has 1 aromatic rings. The maximum Gasteiger partial charge on any atom is 0.154 e. The number of para-hydroxylation sites is 1. The van der Waals surface area contributed by atoms with Crippen molar-refractivity contribution in [2.75, 3.05) is 0 Å². The highest BCUT2D eigenvalue weighted by Gasteiger charge is 2.36. The van der Waals surface area contributed by atoms with Gasteiger partial charge in [-0.15, -0.1) is 5.48 Å². The summed E-state index contributed by atoms with van der Waals surface area (Å²) in [5.41, 5.74) is 8.01. The summed E-state index contributed by atoms with van der Waals surface area (Å²) in [5, 5.41) is 0. The molecule has 1 N–H and O–H groups in total. The Hall–Kier alpha value is -1.28. The smallest absolute Gasteiger partial charge is 0.154 e. The van der Waals surface area contributed by atoms with Gasteiger partial charge < -0.3 is 4.84 Å². The lowest BCUT2D eigenvalue weighted by atomic mass is 9.75. The van der Waals surface area contributed by atoms with Gasteiger partial charge in [-0.3, -0.25) is 0 Å². The van der Waals surface area contributed by atoms with E-state index in [-0.39, 0.29) is 5.54 Å². The molecule has 2 heteroatoms. The predicted molar refractivity (Wildman–Crippen MR) is 125 cm³/mol. The molecule has 1 fully saturated rings. The Morgan fingerprint density at radius 3 is 2.03 bits per heavy atom. The van der Waals surface area contributed by atoms with E-state index in [9.17, 15) is 0 Å². The summed E-state index contributed by atoms with van der Waals surface area (Å²) in [6.45, 7) is 9.07. The average molecular weight is 398 g/mol. The van der Waals surface area contributed by atoms with Gasteiger partial charge in [-0.25, -0.2) is 0 Å². The third kappa shape index (κ3) is 5.66. The number of hydrogen-bond donors (Lipinski definition) is 1. The molecule has 1 aromatic carbocycles. The van der Waals surface area contributed by atoms with Gasteiger partial charge in [0, 0.05) is 0 Å². The van der Waals surface area contributed by atoms with Crippen LogP contribution in [0.25, 0.3) is 0 Å². The second-order valence-corrected chi connectivity index (χ2v) is 9.96. The van der Waals surface area contributed by atoms with E-state index in [0.717, 1.165) is 5.75 Å². The van der Waals surface area contributed by atoms with Gasteiger partial charge in [0.15, 0.2) is 5.75 Å². The minimum Gasteiger partial charge on any atom is -0.407 e. The molecule has 1 saturated carbocycles. The molecular formula is C27H43NO. The fourth-order valence-corrected chi connectivity index (χ4v) is 5.20. The van der Waals surface area contributed by atoms with E-state index in [2.05, 4.69) is 57.5 Å². The van der Waals surface area contributed by atoms with Gasteiger partial charge >= 0.3 is 0 Å². The zero-order valence-electron chi connectivity index (χ0n) is 19.4. The third-order valence-electron chi connectivity index (χ3n) is 7.03. The molecule has 2 aliphatic carbocycles. The molecule has 0 aromatic heterocycles. The topological polar surface area (TPSA) is 21.3 Å². The van der Waals surface area contributed by atoms with Gasteiger partial charge in [-0.1, -0.05) is 96.1 Å². The predicted octanol–water partition coefficient (Wildman–Crippen LogP) is 8.19. The van der Waals surface area contributed by atoms with Gasteiger partial charge in [-0.2, -0.15) is 0 Å². The highest BCUT2D eigenvalue weighted by atomic mass is 16.6. The largest absolute Gasteiger partial charge is 0.407 e. The molecule has 0 spiro atoms. The normalized spacial score (nSPS) is 22.5. The van der Waals surface area contributed by atoms with Crippen LogP contribution in [0, 0.1) is 0 Å². The number of nitrogens with one attached hydrogen (secondary N) is 1. The lowest BCUT2D eigenvalue weighted by molar-refractivity contribution is 0.0770. The molecule has 0 atom stereocenters. The van der Waals surface area contributed by atoms with Crippen LogP contribution < -0.4 is 10.3 Å². The zero-order valence-corrected chi connectivity index (χ0v) is 19.4. The SMILES string of the molecule is CC(C)c1cccc(C(C)C)c1ONC1(/C2=C/CCCCCCC2)CCCCC1. The van der Waals surface area contributed by atoms with Crippen LogP contribution >= 0.6 is 0 Å². The Morgan fingerprint density at radius 1 is 0.793 bits per heavy atom. The standard InChI is InChI=1S/C27H43NO/c1-21(2)24-17-14-18-25(22(3)4)26(24)29-28-27(19-12-9-13-20-27)23-15-10-7-5-6-8-11-16-23/h14-15,17-18,21-22,28H,5-13,16,19-20H2,1-4H3/b23-15+. The molecule has 0 saturated heterocycles. The summed E-state index contributed by atoms with van der Waals surface area (Å²) >= 11 is 0. The maximum atomic E-state index is 6.60. The second-order valence-electron chi connectivity index (χ2n) is 9.96. The molecule has 0 aliphatic heterocycles. The fourth-order valence-electron chi connectivity index (χ4n) is 5.20. The lowest BCUT2D eigenvalue weighted by Crippen LogP contribution is -2.50. The minimum atomic E-state index is 0.0287. The van der Waals surface area contributed by atoms with Crippen LogP contribution in [0.2, 0.25) is 0 Å². The fraction of sp³-hybridized carbons (Fsp3) is 0.704. The summed E-state index contributed by atoms with van der Waals surface area (Å²) < 4.78 is 0. The number of benzene rings is 1. The Labute approximate surface area is 179 Å². The van der Waals surface area contributed by atoms with Crippen LogP contribution in [0.5, 0.6) is 5.75 Å². The van der Waals surface area contributed by atoms with Crippen molar-refractivity contribution in [3.8, 4) is 5.75 Å². The molecule has 0 amide bonds. The van der Waals surface area contributed by atoms with Gasteiger partial charge in [-0.05, 0) is 61.5 Å². The van der Waals surface area contributed by atoms with E-state index >= 15 is 0 Å². The Balaban J connectivity index is 1.88. The Kier molecular flexibility index (Phi) is 8.24. The minimum absolute atomic E-state index is 0.0287. The molecule has 162 valence electrons. The quantitative estimate of drug-likeness (QED) is 0.386. The summed E-state index contributed by atoms with van der Waals surface area (Å²) in [4.78, 5) is 6.60. The van der Waals surface area contributed by atoms with E-state index in [1.165, 1.54) is 88.2 Å². The maximum absolute atomic E-state index is 6.60. The van der Waals surface area contributed by atoms with Crippen molar-refractivity contribution in [1.29, 1.82) is 0 Å². The van der Waals surface area contributed by atoms with Crippen LogP contribution in [0.3, 0.4) is 0 Å². The summed E-state index contributed by atoms with van der Waals surface area (Å²) in [5.74, 6) is 1.99. The van der Waals surface area contributed by atoms with Gasteiger partial charge in [0.1, 0.15) is 0 Å². The lowest BCUT2D eigenvalue weighted by Gasteiger charge is -2.40. The molecule has 0 unspecified atom stereocenters. The molecule has 0 heterocycles. The van der Waals surface area contributed by atoms with Crippen molar-refractivity contribution in [3.63, 3.8) is 0 Å². The summed E-state index contributed by atoms with van der Waals surface area (Å²) in [6, 6.07) is 6.66. The van der Waals surface area contributed by atoms with E-state index in [0.29, 0.717) is 11.8 Å². The molecule has 29 heavy (non-hydrogen) atoms. The number of hydrogen-bond acceptors (Lipinski definition) is 2. The first-order valence-corrected chi connectivity index (χ1v) is 12.3. The first-order valence-electron chi connectivity index (χ1n) is 12.3. The highest BCUT2D eigenvalue weighted by molar-refractivity contribution is 5.45. The molecule has 0 radical (unpaired) electrons. The van der Waals surface area contributed by atoms with E-state index in [4.69, 9.17) is 4.84 Å². The monoisotopic (exact) mass is 397 g/mol. The Bertz CT molecular complexity index is 641. The zero-order chi connectivity index (χ0) is 20.7. The second kappa shape index (κ2) is 10.7. The third-order valence-corrected chi connectivity index (χ3v) is 7.03. The highest BCUT2D eigenvalue weighted by Crippen LogP contribution is 2.40. The van der Waals surface area contributed by atoms with Crippen molar-refractivity contribution in [1.82, 2.24) is 5.48 Å². The molecular weight excluding hydrogens is 354 g/mol. The summed E-state index contributed by atoms with van der Waals surface area (Å²) in [6.07, 6.45) is 18.3. The summed E-state index contributed by atoms with van der Waals surface area (Å²) in [7, 11) is 0. The van der Waals surface area contributed by atoms with E-state index in [1.54, 1.807) is 5.57 Å². The average Bonchev–Trinajstić information content (AvgIpc) is 2.86. The number of rotatable bonds is 6. The van der Waals surface area contributed by atoms with Crippen LogP contribution in [-0.4, -0.2) is 5.54 Å². The van der Waals surface area contributed by atoms with Gasteiger partial charge in [0.25, 0.3) is 0 Å². The molecule has 3 rings (SSSR count). The van der Waals surface area contributed by atoms with Crippen LogP contribution in [0.4, 0.5) is 0 Å². The first-order chi connectivity index (χ1) is 14.0. The van der Waals surface area contributed by atoms with Gasteiger partial charge in [0.05, 0.1) is 5.54 Å².